The van der Waals surface area contributed by atoms with E-state index in [2.05, 4.69) is 0 Å². The quantitative estimate of drug-likeness (QED) is 0.402. The number of aliphatic hydroxyl groups is 5. The molecule has 0 radical (unpaired) electrons. The molecule has 1 unspecified atom stereocenters. The fourth-order valence-electron chi connectivity index (χ4n) is 4.01. The maximum atomic E-state index is 10.1. The maximum Gasteiger partial charge on any atom is 0.245 e. The summed E-state index contributed by atoms with van der Waals surface area (Å²) < 4.78 is 0. The SMILES string of the molecule is OC1CCCCCCCCCCCCCCCCCCCC(O)(O)C1(O)O. The number of aliphatic hydroxyl groups excluding tert-OH is 1. The molecule has 1 fully saturated rings. The Morgan fingerprint density at radius 2 is 0.741 bits per heavy atom. The van der Waals surface area contributed by atoms with E-state index >= 15 is 0 Å². The molecule has 0 aliphatic heterocycles. The van der Waals surface area contributed by atoms with E-state index in [0.29, 0.717) is 12.8 Å². The van der Waals surface area contributed by atoms with Gasteiger partial charge in [-0.2, -0.15) is 0 Å². The van der Waals surface area contributed by atoms with Crippen molar-refractivity contribution in [2.45, 2.75) is 140 Å². The van der Waals surface area contributed by atoms with E-state index < -0.39 is 17.7 Å². The molecule has 1 rings (SSSR count). The van der Waals surface area contributed by atoms with Crippen LogP contribution in [-0.2, 0) is 0 Å². The first-order valence-corrected chi connectivity index (χ1v) is 11.5. The summed E-state index contributed by atoms with van der Waals surface area (Å²) in [5, 5.41) is 50.4. The molecule has 1 aliphatic rings. The predicted octanol–water partition coefficient (Wildman–Crippen LogP) is 4.13. The van der Waals surface area contributed by atoms with Crippen LogP contribution in [0.1, 0.15) is 122 Å². The van der Waals surface area contributed by atoms with Gasteiger partial charge >= 0.3 is 0 Å². The molecule has 162 valence electrons. The zero-order valence-electron chi connectivity index (χ0n) is 17.2. The van der Waals surface area contributed by atoms with Gasteiger partial charge < -0.3 is 25.5 Å². The van der Waals surface area contributed by atoms with Crippen LogP contribution < -0.4 is 0 Å². The second-order valence-corrected chi connectivity index (χ2v) is 8.61. The summed E-state index contributed by atoms with van der Waals surface area (Å²) in [6.07, 6.45) is 17.5. The van der Waals surface area contributed by atoms with E-state index in [0.717, 1.165) is 32.1 Å². The van der Waals surface area contributed by atoms with Gasteiger partial charge in [0, 0.05) is 6.42 Å². The van der Waals surface area contributed by atoms with E-state index in [1.54, 1.807) is 0 Å². The molecule has 0 spiro atoms. The summed E-state index contributed by atoms with van der Waals surface area (Å²) in [7, 11) is 0. The highest BCUT2D eigenvalue weighted by atomic mass is 16.6. The lowest BCUT2D eigenvalue weighted by Crippen LogP contribution is -2.61. The third-order valence-electron chi connectivity index (χ3n) is 6.06. The Hall–Kier alpha value is -0.200. The summed E-state index contributed by atoms with van der Waals surface area (Å²) in [5.74, 6) is -5.56. The van der Waals surface area contributed by atoms with Crippen molar-refractivity contribution in [3.05, 3.63) is 0 Å². The predicted molar refractivity (Wildman–Crippen MR) is 108 cm³/mol. The third kappa shape index (κ3) is 10.2. The molecule has 0 aromatic carbocycles. The Morgan fingerprint density at radius 1 is 0.444 bits per heavy atom. The fraction of sp³-hybridized carbons (Fsp3) is 1.00. The molecule has 5 heteroatoms. The van der Waals surface area contributed by atoms with Crippen molar-refractivity contribution >= 4 is 0 Å². The van der Waals surface area contributed by atoms with Gasteiger partial charge in [0.15, 0.2) is 0 Å². The van der Waals surface area contributed by atoms with Crippen LogP contribution in [0.25, 0.3) is 0 Å². The summed E-state index contributed by atoms with van der Waals surface area (Å²) in [6, 6.07) is 0. The molecule has 5 N–H and O–H groups in total. The van der Waals surface area contributed by atoms with Crippen molar-refractivity contribution in [1.29, 1.82) is 0 Å². The van der Waals surface area contributed by atoms with Crippen LogP contribution in [0, 0.1) is 0 Å². The Labute approximate surface area is 165 Å². The summed E-state index contributed by atoms with van der Waals surface area (Å²) in [6.45, 7) is 0. The molecular weight excluding hydrogens is 344 g/mol. The lowest BCUT2D eigenvalue weighted by Gasteiger charge is -2.38. The van der Waals surface area contributed by atoms with Crippen molar-refractivity contribution in [2.24, 2.45) is 0 Å². The van der Waals surface area contributed by atoms with Crippen molar-refractivity contribution in [3.63, 3.8) is 0 Å². The maximum absolute atomic E-state index is 10.1. The van der Waals surface area contributed by atoms with E-state index in [1.807, 2.05) is 0 Å². The summed E-state index contributed by atoms with van der Waals surface area (Å²) >= 11 is 0. The standard InChI is InChI=1S/C22H44O5/c23-20-18-16-14-12-10-8-6-4-2-1-3-5-7-9-11-13-15-17-19-21(24,25)22(20,26)27/h20,23-27H,1-19H2. The van der Waals surface area contributed by atoms with Crippen molar-refractivity contribution < 1.29 is 25.5 Å². The molecule has 0 saturated heterocycles. The monoisotopic (exact) mass is 388 g/mol. The van der Waals surface area contributed by atoms with Gasteiger partial charge in [-0.3, -0.25) is 0 Å². The zero-order valence-corrected chi connectivity index (χ0v) is 17.2. The minimum absolute atomic E-state index is 0.142. The van der Waals surface area contributed by atoms with E-state index in [4.69, 9.17) is 0 Å². The third-order valence-corrected chi connectivity index (χ3v) is 6.06. The molecule has 0 heterocycles. The number of rotatable bonds is 0. The molecule has 27 heavy (non-hydrogen) atoms. The Bertz CT molecular complexity index is 357. The molecule has 0 bridgehead atoms. The van der Waals surface area contributed by atoms with E-state index in [-0.39, 0.29) is 12.8 Å². The smallest absolute Gasteiger partial charge is 0.245 e. The second kappa shape index (κ2) is 13.9. The summed E-state index contributed by atoms with van der Waals surface area (Å²) in [5.41, 5.74) is 0. The van der Waals surface area contributed by atoms with Gasteiger partial charge in [-0.05, 0) is 12.8 Å². The van der Waals surface area contributed by atoms with E-state index in [9.17, 15) is 25.5 Å². The highest BCUT2D eigenvalue weighted by Gasteiger charge is 2.51. The van der Waals surface area contributed by atoms with Crippen LogP contribution >= 0.6 is 0 Å². The molecule has 0 aromatic rings. The first-order valence-electron chi connectivity index (χ1n) is 11.5. The molecule has 1 atom stereocenters. The zero-order chi connectivity index (χ0) is 20.0. The highest BCUT2D eigenvalue weighted by molar-refractivity contribution is 4.88. The molecule has 1 saturated carbocycles. The van der Waals surface area contributed by atoms with Crippen molar-refractivity contribution in [2.75, 3.05) is 0 Å². The van der Waals surface area contributed by atoms with Crippen LogP contribution in [0.3, 0.4) is 0 Å². The lowest BCUT2D eigenvalue weighted by molar-refractivity contribution is -0.386. The van der Waals surface area contributed by atoms with Crippen molar-refractivity contribution in [1.82, 2.24) is 0 Å². The van der Waals surface area contributed by atoms with Crippen LogP contribution in [0.15, 0.2) is 0 Å². The van der Waals surface area contributed by atoms with Crippen LogP contribution in [-0.4, -0.2) is 43.2 Å². The van der Waals surface area contributed by atoms with Crippen molar-refractivity contribution in [3.8, 4) is 0 Å². The minimum Gasteiger partial charge on any atom is -0.387 e. The molecule has 1 aliphatic carbocycles. The van der Waals surface area contributed by atoms with Gasteiger partial charge in [-0.25, -0.2) is 0 Å². The molecule has 0 aromatic heterocycles. The van der Waals surface area contributed by atoms with Gasteiger partial charge in [-0.1, -0.05) is 103 Å². The normalized spacial score (nSPS) is 28.6. The summed E-state index contributed by atoms with van der Waals surface area (Å²) in [4.78, 5) is 0. The first kappa shape index (κ1) is 24.8. The highest BCUT2D eigenvalue weighted by Crippen LogP contribution is 2.29. The number of hydrogen-bond donors (Lipinski definition) is 5. The van der Waals surface area contributed by atoms with Gasteiger partial charge in [0.25, 0.3) is 0 Å². The van der Waals surface area contributed by atoms with Crippen LogP contribution in [0.2, 0.25) is 0 Å². The molecule has 5 nitrogen and oxygen atoms in total. The van der Waals surface area contributed by atoms with Gasteiger partial charge in [0.1, 0.15) is 6.10 Å². The Kier molecular flexibility index (Phi) is 12.8. The van der Waals surface area contributed by atoms with Gasteiger partial charge in [-0.15, -0.1) is 0 Å². The molecular formula is C22H44O5. The van der Waals surface area contributed by atoms with Gasteiger partial charge in [0.05, 0.1) is 0 Å². The Balaban J connectivity index is 2.43. The fourth-order valence-corrected chi connectivity index (χ4v) is 4.01. The number of hydrogen-bond acceptors (Lipinski definition) is 5. The van der Waals surface area contributed by atoms with Crippen LogP contribution in [0.4, 0.5) is 0 Å². The lowest BCUT2D eigenvalue weighted by atomic mass is 9.91. The van der Waals surface area contributed by atoms with Crippen LogP contribution in [0.5, 0.6) is 0 Å². The first-order chi connectivity index (χ1) is 12.9. The van der Waals surface area contributed by atoms with Gasteiger partial charge in [0.2, 0.25) is 11.6 Å². The largest absolute Gasteiger partial charge is 0.387 e. The van der Waals surface area contributed by atoms with E-state index in [1.165, 1.54) is 64.2 Å². The minimum atomic E-state index is -2.88. The Morgan fingerprint density at radius 3 is 1.11 bits per heavy atom. The second-order valence-electron chi connectivity index (χ2n) is 8.61. The average Bonchev–Trinajstić information content (AvgIpc) is 2.62. The topological polar surface area (TPSA) is 101 Å². The average molecular weight is 389 g/mol. The molecule has 0 amide bonds.